The minimum atomic E-state index is -0.525. The number of allylic oxidation sites excluding steroid dienone is 1. The van der Waals surface area contributed by atoms with Crippen LogP contribution in [-0.4, -0.2) is 15.8 Å². The first kappa shape index (κ1) is 16.0. The van der Waals surface area contributed by atoms with Gasteiger partial charge in [0.05, 0.1) is 10.6 Å². The third-order valence-corrected chi connectivity index (χ3v) is 2.93. The number of Topliss-reactive ketones (excluding diaryl/α,β-unsaturated/α-hetero) is 1. The number of rotatable bonds is 5. The summed E-state index contributed by atoms with van der Waals surface area (Å²) in [5.74, 6) is -0.722. The molecule has 0 aromatic heterocycles. The molecule has 0 atom stereocenters. The number of ketones is 1. The van der Waals surface area contributed by atoms with E-state index in [9.17, 15) is 20.0 Å². The summed E-state index contributed by atoms with van der Waals surface area (Å²) in [6, 6.07) is 13.9. The van der Waals surface area contributed by atoms with Crippen LogP contribution >= 0.6 is 0 Å². The van der Waals surface area contributed by atoms with Gasteiger partial charge in [-0.3, -0.25) is 14.9 Å². The summed E-state index contributed by atoms with van der Waals surface area (Å²) in [4.78, 5) is 21.7. The molecular weight excluding hydrogens is 298 g/mol. The van der Waals surface area contributed by atoms with Crippen molar-refractivity contribution in [1.82, 2.24) is 0 Å². The highest BCUT2D eigenvalue weighted by molar-refractivity contribution is 5.99. The molecule has 0 saturated carbocycles. The van der Waals surface area contributed by atoms with Crippen LogP contribution in [0.1, 0.15) is 12.5 Å². The third kappa shape index (κ3) is 4.07. The van der Waals surface area contributed by atoms with E-state index in [1.807, 2.05) is 0 Å². The van der Waals surface area contributed by atoms with Gasteiger partial charge >= 0.3 is 0 Å². The van der Waals surface area contributed by atoms with Crippen LogP contribution in [0.3, 0.4) is 0 Å². The Bertz CT molecular complexity index is 781. The molecule has 0 heterocycles. The van der Waals surface area contributed by atoms with E-state index in [-0.39, 0.29) is 17.1 Å². The quantitative estimate of drug-likeness (QED) is 0.294. The second-order valence-corrected chi connectivity index (χ2v) is 4.59. The molecule has 0 aliphatic carbocycles. The lowest BCUT2D eigenvalue weighted by molar-refractivity contribution is -0.384. The maximum Gasteiger partial charge on any atom is 0.269 e. The van der Waals surface area contributed by atoms with Gasteiger partial charge in [0.2, 0.25) is 0 Å². The molecule has 0 aliphatic heterocycles. The van der Waals surface area contributed by atoms with Gasteiger partial charge in [0.1, 0.15) is 0 Å². The largest absolute Gasteiger partial charge is 0.505 e. The monoisotopic (exact) mass is 311 g/mol. The van der Waals surface area contributed by atoms with Gasteiger partial charge < -0.3 is 5.11 Å². The summed E-state index contributed by atoms with van der Waals surface area (Å²) < 4.78 is 0. The number of carbonyl (C=O) groups is 1. The Morgan fingerprint density at radius 1 is 1.09 bits per heavy atom. The van der Waals surface area contributed by atoms with Gasteiger partial charge in [0, 0.05) is 24.6 Å². The van der Waals surface area contributed by atoms with Crippen molar-refractivity contribution in [2.45, 2.75) is 6.92 Å². The first-order chi connectivity index (χ1) is 11.0. The van der Waals surface area contributed by atoms with Crippen molar-refractivity contribution in [1.29, 1.82) is 0 Å². The standard InChI is InChI=1S/C16H13N3O4/c1-11(20)15(16(21)12-5-3-2-4-6-12)18-17-13-7-9-14(10-8-13)19(22)23/h2-10,21H,1H3. The number of azo groups is 1. The second-order valence-electron chi connectivity index (χ2n) is 4.59. The molecule has 0 fully saturated rings. The van der Waals surface area contributed by atoms with E-state index in [1.165, 1.54) is 31.2 Å². The Morgan fingerprint density at radius 3 is 2.22 bits per heavy atom. The second kappa shape index (κ2) is 7.08. The number of aliphatic hydroxyl groups excluding tert-OH is 1. The highest BCUT2D eigenvalue weighted by Crippen LogP contribution is 2.22. The van der Waals surface area contributed by atoms with Crippen LogP contribution in [0.25, 0.3) is 5.76 Å². The van der Waals surface area contributed by atoms with Gasteiger partial charge in [-0.15, -0.1) is 5.11 Å². The topological polar surface area (TPSA) is 105 Å². The molecule has 7 nitrogen and oxygen atoms in total. The maximum absolute atomic E-state index is 11.7. The van der Waals surface area contributed by atoms with Crippen LogP contribution in [-0.2, 0) is 4.79 Å². The smallest absolute Gasteiger partial charge is 0.269 e. The van der Waals surface area contributed by atoms with E-state index in [4.69, 9.17) is 0 Å². The minimum absolute atomic E-state index is 0.0709. The van der Waals surface area contributed by atoms with Gasteiger partial charge in [-0.2, -0.15) is 5.11 Å². The van der Waals surface area contributed by atoms with Crippen LogP contribution < -0.4 is 0 Å². The molecule has 0 bridgehead atoms. The molecule has 7 heteroatoms. The SMILES string of the molecule is CC(=O)C(N=Nc1ccc([N+](=O)[O-])cc1)=C(O)c1ccccc1. The fraction of sp³-hybridized carbons (Fsp3) is 0.0625. The summed E-state index contributed by atoms with van der Waals surface area (Å²) in [7, 11) is 0. The first-order valence-corrected chi connectivity index (χ1v) is 6.65. The number of carbonyl (C=O) groups excluding carboxylic acids is 1. The Balaban J connectivity index is 2.33. The number of benzene rings is 2. The summed E-state index contributed by atoms with van der Waals surface area (Å²) >= 11 is 0. The average molecular weight is 311 g/mol. The molecule has 2 rings (SSSR count). The van der Waals surface area contributed by atoms with Crippen molar-refractivity contribution in [2.75, 3.05) is 0 Å². The highest BCUT2D eigenvalue weighted by Gasteiger charge is 2.12. The molecule has 0 amide bonds. The Morgan fingerprint density at radius 2 is 1.70 bits per heavy atom. The molecule has 0 spiro atoms. The van der Waals surface area contributed by atoms with Crippen molar-refractivity contribution in [2.24, 2.45) is 10.2 Å². The lowest BCUT2D eigenvalue weighted by Crippen LogP contribution is -1.98. The predicted molar refractivity (Wildman–Crippen MR) is 84.3 cm³/mol. The first-order valence-electron chi connectivity index (χ1n) is 6.65. The third-order valence-electron chi connectivity index (χ3n) is 2.93. The molecule has 0 radical (unpaired) electrons. The number of aliphatic hydroxyl groups is 1. The lowest BCUT2D eigenvalue weighted by Gasteiger charge is -2.03. The van der Waals surface area contributed by atoms with E-state index in [0.717, 1.165) is 0 Å². The Labute approximate surface area is 131 Å². The van der Waals surface area contributed by atoms with Gasteiger partial charge in [0.15, 0.2) is 17.2 Å². The van der Waals surface area contributed by atoms with Crippen LogP contribution in [0.5, 0.6) is 0 Å². The summed E-state index contributed by atoms with van der Waals surface area (Å²) in [5, 5.41) is 28.4. The van der Waals surface area contributed by atoms with Crippen LogP contribution in [0, 0.1) is 10.1 Å². The minimum Gasteiger partial charge on any atom is -0.505 e. The van der Waals surface area contributed by atoms with E-state index in [1.54, 1.807) is 30.3 Å². The van der Waals surface area contributed by atoms with E-state index in [0.29, 0.717) is 11.3 Å². The number of hydrogen-bond donors (Lipinski definition) is 1. The van der Waals surface area contributed by atoms with Gasteiger partial charge in [-0.1, -0.05) is 30.3 Å². The molecule has 2 aromatic carbocycles. The van der Waals surface area contributed by atoms with E-state index in [2.05, 4.69) is 10.2 Å². The molecule has 0 saturated heterocycles. The fourth-order valence-electron chi connectivity index (χ4n) is 1.77. The Hall–Kier alpha value is -3.35. The number of hydrogen-bond acceptors (Lipinski definition) is 6. The van der Waals surface area contributed by atoms with Gasteiger partial charge in [-0.25, -0.2) is 0 Å². The molecule has 1 N–H and O–H groups in total. The fourth-order valence-corrected chi connectivity index (χ4v) is 1.77. The zero-order chi connectivity index (χ0) is 16.8. The lowest BCUT2D eigenvalue weighted by atomic mass is 10.1. The summed E-state index contributed by atoms with van der Waals surface area (Å²) in [6.45, 7) is 1.27. The van der Waals surface area contributed by atoms with Crippen LogP contribution in [0.4, 0.5) is 11.4 Å². The van der Waals surface area contributed by atoms with Crippen LogP contribution in [0.2, 0.25) is 0 Å². The Kier molecular flexibility index (Phi) is 4.93. The molecule has 0 unspecified atom stereocenters. The van der Waals surface area contributed by atoms with Crippen molar-refractivity contribution < 1.29 is 14.8 Å². The normalized spacial score (nSPS) is 12.0. The van der Waals surface area contributed by atoms with Crippen LogP contribution in [0.15, 0.2) is 70.5 Å². The van der Waals surface area contributed by atoms with E-state index >= 15 is 0 Å². The van der Waals surface area contributed by atoms with Crippen molar-refractivity contribution in [3.63, 3.8) is 0 Å². The van der Waals surface area contributed by atoms with Crippen molar-refractivity contribution in [3.05, 3.63) is 76.0 Å². The highest BCUT2D eigenvalue weighted by atomic mass is 16.6. The number of non-ortho nitro benzene ring substituents is 1. The zero-order valence-electron chi connectivity index (χ0n) is 12.2. The predicted octanol–water partition coefficient (Wildman–Crippen LogP) is 4.19. The zero-order valence-corrected chi connectivity index (χ0v) is 12.2. The molecule has 2 aromatic rings. The van der Waals surface area contributed by atoms with Gasteiger partial charge in [0.25, 0.3) is 5.69 Å². The van der Waals surface area contributed by atoms with Crippen molar-refractivity contribution in [3.8, 4) is 0 Å². The summed E-state index contributed by atoms with van der Waals surface area (Å²) in [6.07, 6.45) is 0. The number of nitrogens with zero attached hydrogens (tertiary/aromatic N) is 3. The van der Waals surface area contributed by atoms with Gasteiger partial charge in [-0.05, 0) is 12.1 Å². The average Bonchev–Trinajstić information content (AvgIpc) is 2.55. The molecule has 23 heavy (non-hydrogen) atoms. The molecule has 116 valence electrons. The van der Waals surface area contributed by atoms with Crippen molar-refractivity contribution >= 4 is 22.9 Å². The molecule has 0 aliphatic rings. The maximum atomic E-state index is 11.7. The van der Waals surface area contributed by atoms with E-state index < -0.39 is 10.7 Å². The number of nitro benzene ring substituents is 1. The number of nitro groups is 1. The molecular formula is C16H13N3O4. The summed E-state index contributed by atoms with van der Waals surface area (Å²) in [5.41, 5.74) is 0.517.